The molecule has 0 amide bonds. The molecule has 1 aliphatic heterocycles. The van der Waals surface area contributed by atoms with E-state index in [4.69, 9.17) is 10.5 Å². The first-order chi connectivity index (χ1) is 8.30. The number of anilines is 1. The van der Waals surface area contributed by atoms with E-state index in [1.165, 1.54) is 0 Å². The van der Waals surface area contributed by atoms with Gasteiger partial charge >= 0.3 is 0 Å². The molecule has 1 aliphatic carbocycles. The zero-order valence-corrected chi connectivity index (χ0v) is 9.26. The van der Waals surface area contributed by atoms with E-state index in [0.29, 0.717) is 12.3 Å². The van der Waals surface area contributed by atoms with Crippen molar-refractivity contribution < 1.29 is 4.74 Å². The maximum absolute atomic E-state index is 5.96. The summed E-state index contributed by atoms with van der Waals surface area (Å²) in [5.74, 6) is 1.60. The lowest BCUT2D eigenvalue weighted by Crippen LogP contribution is -2.23. The lowest BCUT2D eigenvalue weighted by Gasteiger charge is -2.14. The quantitative estimate of drug-likeness (QED) is 0.692. The first-order valence-corrected chi connectivity index (χ1v) is 5.72. The molecule has 17 heavy (non-hydrogen) atoms. The number of benzene rings is 1. The fourth-order valence-electron chi connectivity index (χ4n) is 2.46. The molecule has 0 bridgehead atoms. The van der Waals surface area contributed by atoms with Gasteiger partial charge in [0.15, 0.2) is 11.6 Å². The number of hydrogen-bond donors (Lipinski definition) is 1. The summed E-state index contributed by atoms with van der Waals surface area (Å²) in [7, 11) is 0. The van der Waals surface area contributed by atoms with Gasteiger partial charge in [-0.05, 0) is 25.0 Å². The van der Waals surface area contributed by atoms with Crippen molar-refractivity contribution in [1.29, 1.82) is 0 Å². The summed E-state index contributed by atoms with van der Waals surface area (Å²) in [5, 5.41) is 8.24. The van der Waals surface area contributed by atoms with Gasteiger partial charge in [0.1, 0.15) is 12.9 Å². The molecule has 2 N–H and O–H groups in total. The van der Waals surface area contributed by atoms with Crippen molar-refractivity contribution in [2.45, 2.75) is 18.4 Å². The third kappa shape index (κ3) is 1.08. The van der Waals surface area contributed by atoms with Crippen molar-refractivity contribution in [3.63, 3.8) is 0 Å². The minimum atomic E-state index is 0.0598. The third-order valence-corrected chi connectivity index (χ3v) is 3.66. The van der Waals surface area contributed by atoms with Crippen LogP contribution in [-0.4, -0.2) is 21.4 Å². The normalized spacial score (nSPS) is 19.1. The number of nitrogens with zero attached hydrogens (tertiary/aromatic N) is 3. The van der Waals surface area contributed by atoms with Crippen LogP contribution in [-0.2, 0) is 5.54 Å². The van der Waals surface area contributed by atoms with Crippen LogP contribution in [0.4, 0.5) is 5.69 Å². The monoisotopic (exact) mass is 228 g/mol. The summed E-state index contributed by atoms with van der Waals surface area (Å²) >= 11 is 0. The van der Waals surface area contributed by atoms with Crippen molar-refractivity contribution in [1.82, 2.24) is 14.8 Å². The van der Waals surface area contributed by atoms with Crippen LogP contribution in [0.3, 0.4) is 0 Å². The number of hydrogen-bond acceptors (Lipinski definition) is 4. The lowest BCUT2D eigenvalue weighted by molar-refractivity contribution is 0.244. The van der Waals surface area contributed by atoms with Crippen molar-refractivity contribution in [2.24, 2.45) is 0 Å². The summed E-state index contributed by atoms with van der Waals surface area (Å²) in [5.41, 5.74) is 7.62. The highest BCUT2D eigenvalue weighted by Gasteiger charge is 2.48. The molecule has 0 unspecified atom stereocenters. The maximum atomic E-state index is 5.96. The van der Waals surface area contributed by atoms with Crippen molar-refractivity contribution in [3.05, 3.63) is 24.5 Å². The molecule has 2 heterocycles. The molecule has 2 aromatic rings. The summed E-state index contributed by atoms with van der Waals surface area (Å²) in [6.07, 6.45) is 4.03. The van der Waals surface area contributed by atoms with Crippen LogP contribution in [0.2, 0.25) is 0 Å². The van der Waals surface area contributed by atoms with Crippen molar-refractivity contribution in [3.8, 4) is 17.1 Å². The Morgan fingerprint density at radius 2 is 2.24 bits per heavy atom. The average molecular weight is 228 g/mol. The highest BCUT2D eigenvalue weighted by Crippen LogP contribution is 2.49. The minimum absolute atomic E-state index is 0.0598. The number of aromatic nitrogens is 3. The number of nitrogens with two attached hydrogens (primary N) is 1. The Morgan fingerprint density at radius 1 is 1.35 bits per heavy atom. The van der Waals surface area contributed by atoms with E-state index in [0.717, 1.165) is 30.0 Å². The zero-order valence-electron chi connectivity index (χ0n) is 9.26. The van der Waals surface area contributed by atoms with Gasteiger partial charge in [-0.25, -0.2) is 0 Å². The Balaban J connectivity index is 2.02. The third-order valence-electron chi connectivity index (χ3n) is 3.66. The molecule has 5 nitrogen and oxygen atoms in total. The van der Waals surface area contributed by atoms with Gasteiger partial charge in [0.25, 0.3) is 0 Å². The summed E-state index contributed by atoms with van der Waals surface area (Å²) in [4.78, 5) is 0. The Labute approximate surface area is 98.2 Å². The number of ether oxygens (including phenoxy) is 1. The number of fused-ring (bicyclic) bond motifs is 4. The molecule has 1 aromatic carbocycles. The molecule has 4 rings (SSSR count). The molecular formula is C12H12N4O. The van der Waals surface area contributed by atoms with Gasteiger partial charge in [0, 0.05) is 0 Å². The molecule has 0 atom stereocenters. The summed E-state index contributed by atoms with van der Waals surface area (Å²) < 4.78 is 8.02. The number of nitrogen functional groups attached to an aromatic ring is 1. The number of para-hydroxylation sites is 1. The molecule has 1 aromatic heterocycles. The Kier molecular flexibility index (Phi) is 1.49. The lowest BCUT2D eigenvalue weighted by atomic mass is 10.1. The van der Waals surface area contributed by atoms with Gasteiger partial charge in [0.05, 0.1) is 16.8 Å². The van der Waals surface area contributed by atoms with Crippen LogP contribution in [0.25, 0.3) is 11.4 Å². The molecule has 1 fully saturated rings. The van der Waals surface area contributed by atoms with E-state index >= 15 is 0 Å². The zero-order chi connectivity index (χ0) is 11.5. The van der Waals surface area contributed by atoms with Crippen LogP contribution in [0, 0.1) is 0 Å². The molecular weight excluding hydrogens is 216 g/mol. The van der Waals surface area contributed by atoms with Gasteiger partial charge in [-0.3, -0.25) is 0 Å². The molecule has 0 saturated heterocycles. The van der Waals surface area contributed by atoms with E-state index in [9.17, 15) is 0 Å². The fraction of sp³-hybridized carbons (Fsp3) is 0.333. The van der Waals surface area contributed by atoms with Gasteiger partial charge in [-0.1, -0.05) is 6.07 Å². The summed E-state index contributed by atoms with van der Waals surface area (Å²) in [6, 6.07) is 5.75. The van der Waals surface area contributed by atoms with Gasteiger partial charge in [-0.2, -0.15) is 0 Å². The van der Waals surface area contributed by atoms with Crippen LogP contribution in [0.5, 0.6) is 5.75 Å². The number of rotatable bonds is 0. The SMILES string of the molecule is Nc1cccc2c1OCC1(CC1)n1cnnc1-2. The van der Waals surface area contributed by atoms with E-state index in [-0.39, 0.29) is 5.54 Å². The molecule has 86 valence electrons. The Morgan fingerprint density at radius 3 is 3.06 bits per heavy atom. The first kappa shape index (κ1) is 9.04. The first-order valence-electron chi connectivity index (χ1n) is 5.72. The molecule has 1 spiro atoms. The van der Waals surface area contributed by atoms with E-state index in [1.54, 1.807) is 6.33 Å². The van der Waals surface area contributed by atoms with Crippen LogP contribution in [0.15, 0.2) is 24.5 Å². The van der Waals surface area contributed by atoms with Gasteiger partial charge in [0.2, 0.25) is 0 Å². The standard InChI is InChI=1S/C12H12N4O/c13-9-3-1-2-8-10(9)17-6-12(4-5-12)16-7-14-15-11(8)16/h1-3,7H,4-6,13H2. The fourth-order valence-corrected chi connectivity index (χ4v) is 2.46. The molecule has 1 saturated carbocycles. The predicted octanol–water partition coefficient (Wildman–Crippen LogP) is 1.41. The largest absolute Gasteiger partial charge is 0.488 e. The van der Waals surface area contributed by atoms with E-state index in [1.807, 2.05) is 18.2 Å². The average Bonchev–Trinajstić information content (AvgIpc) is 2.99. The summed E-state index contributed by atoms with van der Waals surface area (Å²) in [6.45, 7) is 0.652. The van der Waals surface area contributed by atoms with Crippen LogP contribution < -0.4 is 10.5 Å². The molecule has 2 aliphatic rings. The van der Waals surface area contributed by atoms with E-state index < -0.39 is 0 Å². The van der Waals surface area contributed by atoms with Crippen molar-refractivity contribution in [2.75, 3.05) is 12.3 Å². The molecule has 5 heteroatoms. The predicted molar refractivity (Wildman–Crippen MR) is 62.6 cm³/mol. The smallest absolute Gasteiger partial charge is 0.168 e. The minimum Gasteiger partial charge on any atom is -0.488 e. The Hall–Kier alpha value is -2.04. The van der Waals surface area contributed by atoms with Crippen molar-refractivity contribution >= 4 is 5.69 Å². The van der Waals surface area contributed by atoms with Crippen LogP contribution in [0.1, 0.15) is 12.8 Å². The van der Waals surface area contributed by atoms with Gasteiger partial charge < -0.3 is 15.0 Å². The maximum Gasteiger partial charge on any atom is 0.168 e. The Bertz CT molecular complexity index is 600. The second-order valence-electron chi connectivity index (χ2n) is 4.76. The van der Waals surface area contributed by atoms with Crippen LogP contribution >= 0.6 is 0 Å². The topological polar surface area (TPSA) is 66.0 Å². The highest BCUT2D eigenvalue weighted by atomic mass is 16.5. The van der Waals surface area contributed by atoms with Gasteiger partial charge in [-0.15, -0.1) is 10.2 Å². The second-order valence-corrected chi connectivity index (χ2v) is 4.76. The second kappa shape index (κ2) is 2.80. The molecule has 0 radical (unpaired) electrons. The highest BCUT2D eigenvalue weighted by molar-refractivity contribution is 5.74. The van der Waals surface area contributed by atoms with E-state index in [2.05, 4.69) is 14.8 Å².